The average molecular weight is 484 g/mol. The van der Waals surface area contributed by atoms with E-state index in [0.29, 0.717) is 42.1 Å². The van der Waals surface area contributed by atoms with E-state index in [0.717, 1.165) is 35.7 Å². The van der Waals surface area contributed by atoms with Crippen molar-refractivity contribution in [3.63, 3.8) is 0 Å². The molecule has 4 rings (SSSR count). The van der Waals surface area contributed by atoms with Gasteiger partial charge in [0.15, 0.2) is 5.78 Å². The maximum atomic E-state index is 13.0. The van der Waals surface area contributed by atoms with Gasteiger partial charge in [-0.15, -0.1) is 0 Å². The molecule has 0 radical (unpaired) electrons. The van der Waals surface area contributed by atoms with Gasteiger partial charge in [0.25, 0.3) is 0 Å². The fraction of sp³-hybridized carbons (Fsp3) is 0.250. The first-order valence-corrected chi connectivity index (χ1v) is 11.6. The molecule has 0 bridgehead atoms. The summed E-state index contributed by atoms with van der Waals surface area (Å²) in [5.74, 6) is 0.0886. The van der Waals surface area contributed by atoms with Gasteiger partial charge in [0, 0.05) is 36.6 Å². The van der Waals surface area contributed by atoms with Gasteiger partial charge < -0.3 is 0 Å². The van der Waals surface area contributed by atoms with Gasteiger partial charge in [0.05, 0.1) is 5.56 Å². The van der Waals surface area contributed by atoms with E-state index in [1.807, 2.05) is 54.6 Å². The summed E-state index contributed by atoms with van der Waals surface area (Å²) in [6.45, 7) is 1.96. The average Bonchev–Trinajstić information content (AvgIpc) is 2.84. The number of rotatable bonds is 7. The van der Waals surface area contributed by atoms with E-state index in [2.05, 4.69) is 4.90 Å². The lowest BCUT2D eigenvalue weighted by molar-refractivity contribution is -0.137. The molecule has 3 aromatic rings. The summed E-state index contributed by atoms with van der Waals surface area (Å²) in [6, 6.07) is 20.9. The van der Waals surface area contributed by atoms with Crippen molar-refractivity contribution in [1.82, 2.24) is 4.90 Å². The molecule has 0 amide bonds. The predicted octanol–water partition coefficient (Wildman–Crippen LogP) is 7.31. The van der Waals surface area contributed by atoms with E-state index in [9.17, 15) is 18.0 Å². The third-order valence-electron chi connectivity index (χ3n) is 6.11. The van der Waals surface area contributed by atoms with Crippen LogP contribution in [0.25, 0.3) is 5.57 Å². The van der Waals surface area contributed by atoms with Gasteiger partial charge in [-0.05, 0) is 59.4 Å². The van der Waals surface area contributed by atoms with Crippen LogP contribution in [0.1, 0.15) is 45.5 Å². The van der Waals surface area contributed by atoms with Gasteiger partial charge in [0.2, 0.25) is 0 Å². The third-order valence-corrected chi connectivity index (χ3v) is 6.36. The Morgan fingerprint density at radius 2 is 1.62 bits per heavy atom. The SMILES string of the molecule is O=C(CCN1CC=C(c2cccc(C(F)(F)F)c2)CC1)c1ccc(Cc2ccc(Cl)cc2)cc1. The maximum absolute atomic E-state index is 13.0. The summed E-state index contributed by atoms with van der Waals surface area (Å²) in [6.07, 6.45) is -0.529. The second kappa shape index (κ2) is 10.6. The molecule has 1 aliphatic rings. The van der Waals surface area contributed by atoms with Crippen molar-refractivity contribution in [2.75, 3.05) is 19.6 Å². The minimum Gasteiger partial charge on any atom is -0.299 e. The van der Waals surface area contributed by atoms with Crippen LogP contribution < -0.4 is 0 Å². The number of ketones is 1. The fourth-order valence-electron chi connectivity index (χ4n) is 4.12. The van der Waals surface area contributed by atoms with E-state index in [1.165, 1.54) is 12.1 Å². The Bertz CT molecular complexity index is 1170. The molecule has 2 nitrogen and oxygen atoms in total. The van der Waals surface area contributed by atoms with Gasteiger partial charge in [0.1, 0.15) is 0 Å². The lowest BCUT2D eigenvalue weighted by Gasteiger charge is -2.26. The Morgan fingerprint density at radius 1 is 0.941 bits per heavy atom. The molecule has 6 heteroatoms. The quantitative estimate of drug-likeness (QED) is 0.328. The molecule has 0 aromatic heterocycles. The molecule has 0 N–H and O–H groups in total. The molecule has 0 unspecified atom stereocenters. The molecule has 1 heterocycles. The summed E-state index contributed by atoms with van der Waals surface area (Å²) < 4.78 is 38.9. The molecule has 1 aliphatic heterocycles. The zero-order chi connectivity index (χ0) is 24.1. The summed E-state index contributed by atoms with van der Waals surface area (Å²) in [7, 11) is 0. The fourth-order valence-corrected chi connectivity index (χ4v) is 4.25. The molecule has 0 atom stereocenters. The summed E-state index contributed by atoms with van der Waals surface area (Å²) in [5, 5.41) is 0.709. The first kappa shape index (κ1) is 24.2. The lowest BCUT2D eigenvalue weighted by Crippen LogP contribution is -2.30. The highest BCUT2D eigenvalue weighted by molar-refractivity contribution is 6.30. The Balaban J connectivity index is 1.28. The monoisotopic (exact) mass is 483 g/mol. The highest BCUT2D eigenvalue weighted by atomic mass is 35.5. The van der Waals surface area contributed by atoms with Crippen LogP contribution in [0.4, 0.5) is 13.2 Å². The van der Waals surface area contributed by atoms with Crippen molar-refractivity contribution in [2.24, 2.45) is 0 Å². The number of benzene rings is 3. The topological polar surface area (TPSA) is 20.3 Å². The van der Waals surface area contributed by atoms with Crippen molar-refractivity contribution in [3.05, 3.63) is 112 Å². The minimum absolute atomic E-state index is 0.0886. The van der Waals surface area contributed by atoms with Crippen molar-refractivity contribution >= 4 is 23.0 Å². The largest absolute Gasteiger partial charge is 0.416 e. The number of halogens is 4. The Labute approximate surface area is 202 Å². The van der Waals surface area contributed by atoms with Gasteiger partial charge in [-0.25, -0.2) is 0 Å². The van der Waals surface area contributed by atoms with Crippen LogP contribution in [0.2, 0.25) is 5.02 Å². The predicted molar refractivity (Wildman–Crippen MR) is 130 cm³/mol. The molecule has 0 saturated carbocycles. The first-order valence-electron chi connectivity index (χ1n) is 11.2. The highest BCUT2D eigenvalue weighted by Crippen LogP contribution is 2.32. The lowest BCUT2D eigenvalue weighted by atomic mass is 9.97. The molecule has 34 heavy (non-hydrogen) atoms. The first-order chi connectivity index (χ1) is 16.3. The van der Waals surface area contributed by atoms with E-state index < -0.39 is 11.7 Å². The standard InChI is InChI=1S/C28H25ClF3NO/c29-26-10-6-21(7-11-26)18-20-4-8-23(9-5-20)27(34)14-17-33-15-12-22(13-16-33)24-2-1-3-25(19-24)28(30,31)32/h1-12,19H,13-18H2. The molecular weight excluding hydrogens is 459 g/mol. The van der Waals surface area contributed by atoms with Crippen molar-refractivity contribution in [3.8, 4) is 0 Å². The van der Waals surface area contributed by atoms with Crippen molar-refractivity contribution in [2.45, 2.75) is 25.4 Å². The van der Waals surface area contributed by atoms with Crippen LogP contribution in [0, 0.1) is 0 Å². The molecule has 0 aliphatic carbocycles. The van der Waals surface area contributed by atoms with Gasteiger partial charge in [-0.2, -0.15) is 13.2 Å². The van der Waals surface area contributed by atoms with Crippen LogP contribution in [0.3, 0.4) is 0 Å². The Kier molecular flexibility index (Phi) is 7.54. The van der Waals surface area contributed by atoms with Crippen LogP contribution in [0.5, 0.6) is 0 Å². The van der Waals surface area contributed by atoms with Crippen LogP contribution in [0.15, 0.2) is 78.9 Å². The number of alkyl halides is 3. The molecule has 0 fully saturated rings. The second-order valence-corrected chi connectivity index (χ2v) is 8.97. The van der Waals surface area contributed by atoms with E-state index in [4.69, 9.17) is 11.6 Å². The Morgan fingerprint density at radius 3 is 2.24 bits per heavy atom. The normalized spacial score (nSPS) is 14.6. The van der Waals surface area contributed by atoms with Gasteiger partial charge in [-0.1, -0.05) is 66.2 Å². The zero-order valence-corrected chi connectivity index (χ0v) is 19.4. The summed E-state index contributed by atoms with van der Waals surface area (Å²) >= 11 is 5.93. The molecule has 3 aromatic carbocycles. The number of carbonyl (C=O) groups excluding carboxylic acids is 1. The van der Waals surface area contributed by atoms with E-state index >= 15 is 0 Å². The number of hydrogen-bond donors (Lipinski definition) is 0. The van der Waals surface area contributed by atoms with Crippen LogP contribution in [-0.2, 0) is 12.6 Å². The summed E-state index contributed by atoms with van der Waals surface area (Å²) in [5.41, 5.74) is 3.89. The minimum atomic E-state index is -4.34. The van der Waals surface area contributed by atoms with Crippen LogP contribution >= 0.6 is 11.6 Å². The molecular formula is C28H25ClF3NO. The molecule has 176 valence electrons. The molecule has 0 saturated heterocycles. The van der Waals surface area contributed by atoms with Crippen molar-refractivity contribution < 1.29 is 18.0 Å². The number of hydrogen-bond acceptors (Lipinski definition) is 2. The highest BCUT2D eigenvalue weighted by Gasteiger charge is 2.30. The third kappa shape index (κ3) is 6.37. The van der Waals surface area contributed by atoms with Crippen LogP contribution in [-0.4, -0.2) is 30.3 Å². The maximum Gasteiger partial charge on any atom is 0.416 e. The second-order valence-electron chi connectivity index (χ2n) is 8.53. The smallest absolute Gasteiger partial charge is 0.299 e. The molecule has 0 spiro atoms. The van der Waals surface area contributed by atoms with Crippen molar-refractivity contribution in [1.29, 1.82) is 0 Å². The van der Waals surface area contributed by atoms with Gasteiger partial charge in [-0.3, -0.25) is 9.69 Å². The zero-order valence-electron chi connectivity index (χ0n) is 18.6. The van der Waals surface area contributed by atoms with Gasteiger partial charge >= 0.3 is 6.18 Å². The number of Topliss-reactive ketones (excluding diaryl/α,β-unsaturated/α-hetero) is 1. The van der Waals surface area contributed by atoms with E-state index in [1.54, 1.807) is 6.07 Å². The summed E-state index contributed by atoms with van der Waals surface area (Å²) in [4.78, 5) is 14.8. The number of carbonyl (C=O) groups is 1. The number of nitrogens with zero attached hydrogens (tertiary/aromatic N) is 1. The Hall–Kier alpha value is -2.89. The van der Waals surface area contributed by atoms with E-state index in [-0.39, 0.29) is 5.78 Å².